The molecule has 1 aliphatic carbocycles. The number of fused-ring (bicyclic) bond motifs is 1. The molecule has 2 heterocycles. The first-order chi connectivity index (χ1) is 14.0. The van der Waals surface area contributed by atoms with Crippen molar-refractivity contribution in [3.05, 3.63) is 69.9 Å². The Labute approximate surface area is 181 Å². The minimum atomic E-state index is -0.153. The number of halogens is 2. The molecule has 0 spiro atoms. The van der Waals surface area contributed by atoms with Gasteiger partial charge in [0, 0.05) is 10.0 Å². The normalized spacial score (nSPS) is 14.9. The van der Waals surface area contributed by atoms with Crippen molar-refractivity contribution < 1.29 is 4.74 Å². The van der Waals surface area contributed by atoms with Crippen LogP contribution in [0.15, 0.2) is 59.3 Å². The monoisotopic (exact) mass is 468 g/mol. The molecule has 5 nitrogen and oxygen atoms in total. The molecule has 1 fully saturated rings. The second-order valence-corrected chi connectivity index (χ2v) is 8.86. The van der Waals surface area contributed by atoms with Gasteiger partial charge in [-0.2, -0.15) is 4.98 Å². The molecule has 0 aliphatic heterocycles. The summed E-state index contributed by atoms with van der Waals surface area (Å²) in [5, 5.41) is 0.619. The Balaban J connectivity index is 1.71. The van der Waals surface area contributed by atoms with E-state index in [-0.39, 0.29) is 5.60 Å². The average molecular weight is 470 g/mol. The summed E-state index contributed by atoms with van der Waals surface area (Å²) in [5.41, 5.74) is 3.23. The Hall–Kier alpha value is -2.44. The highest BCUT2D eigenvalue weighted by Crippen LogP contribution is 2.41. The van der Waals surface area contributed by atoms with Crippen molar-refractivity contribution in [3.8, 4) is 17.3 Å². The van der Waals surface area contributed by atoms with E-state index >= 15 is 0 Å². The maximum absolute atomic E-state index is 6.57. The fraction of sp³-hybridized carbons (Fsp3) is 0.227. The molecule has 1 saturated carbocycles. The van der Waals surface area contributed by atoms with Gasteiger partial charge in [0.25, 0.3) is 0 Å². The zero-order valence-electron chi connectivity index (χ0n) is 15.8. The van der Waals surface area contributed by atoms with Gasteiger partial charge in [-0.25, -0.2) is 9.97 Å². The lowest BCUT2D eigenvalue weighted by Crippen LogP contribution is -2.13. The number of imidazole rings is 1. The van der Waals surface area contributed by atoms with Crippen molar-refractivity contribution in [2.24, 2.45) is 0 Å². The van der Waals surface area contributed by atoms with Crippen molar-refractivity contribution in [3.63, 3.8) is 0 Å². The van der Waals surface area contributed by atoms with Crippen LogP contribution in [0.1, 0.15) is 25.3 Å². The topological polar surface area (TPSA) is 52.8 Å². The first-order valence-electron chi connectivity index (χ1n) is 9.42. The van der Waals surface area contributed by atoms with Crippen LogP contribution in [0.3, 0.4) is 0 Å². The van der Waals surface area contributed by atoms with Crippen LogP contribution in [0.4, 0.5) is 0 Å². The van der Waals surface area contributed by atoms with Gasteiger partial charge in [0.1, 0.15) is 17.8 Å². The molecule has 7 heteroatoms. The molecular formula is C22H18BrClN4O. The van der Waals surface area contributed by atoms with E-state index in [1.54, 1.807) is 6.33 Å². The van der Waals surface area contributed by atoms with E-state index in [0.29, 0.717) is 23.0 Å². The van der Waals surface area contributed by atoms with Gasteiger partial charge in [0.2, 0.25) is 5.88 Å². The van der Waals surface area contributed by atoms with Gasteiger partial charge in [-0.1, -0.05) is 57.9 Å². The van der Waals surface area contributed by atoms with Crippen LogP contribution in [-0.2, 0) is 6.54 Å². The van der Waals surface area contributed by atoms with Crippen LogP contribution >= 0.6 is 27.5 Å². The zero-order valence-corrected chi connectivity index (χ0v) is 18.1. The number of rotatable bonds is 5. The third kappa shape index (κ3) is 3.63. The van der Waals surface area contributed by atoms with Crippen LogP contribution in [-0.4, -0.2) is 25.1 Å². The van der Waals surface area contributed by atoms with Gasteiger partial charge < -0.3 is 9.30 Å². The molecule has 0 N–H and O–H groups in total. The zero-order chi connectivity index (χ0) is 20.0. The molecule has 0 radical (unpaired) electrons. The van der Waals surface area contributed by atoms with E-state index in [2.05, 4.69) is 49.5 Å². The second kappa shape index (κ2) is 7.11. The fourth-order valence-electron chi connectivity index (χ4n) is 3.29. The Morgan fingerprint density at radius 1 is 1.14 bits per heavy atom. The molecule has 0 amide bonds. The number of benzene rings is 2. The lowest BCUT2D eigenvalue weighted by molar-refractivity contribution is 0.194. The summed E-state index contributed by atoms with van der Waals surface area (Å²) in [6.07, 6.45) is 3.59. The summed E-state index contributed by atoms with van der Waals surface area (Å²) >= 11 is 10.0. The van der Waals surface area contributed by atoms with Crippen molar-refractivity contribution >= 4 is 38.7 Å². The van der Waals surface area contributed by atoms with Crippen LogP contribution in [0.2, 0.25) is 5.02 Å². The summed E-state index contributed by atoms with van der Waals surface area (Å²) in [5.74, 6) is 1.27. The minimum absolute atomic E-state index is 0.153. The molecule has 1 aliphatic rings. The predicted molar refractivity (Wildman–Crippen MR) is 117 cm³/mol. The number of hydrogen-bond acceptors (Lipinski definition) is 4. The Morgan fingerprint density at radius 3 is 2.66 bits per heavy atom. The highest BCUT2D eigenvalue weighted by atomic mass is 79.9. The molecule has 0 bridgehead atoms. The lowest BCUT2D eigenvalue weighted by Gasteiger charge is -2.12. The first kappa shape index (κ1) is 18.6. The standard InChI is InChI=1S/C22H18BrClN4O/c1-22(9-10-22)29-21-18-20(25-13-26-21)28(12-14-5-3-2-4-6-14)19(27-18)16-8-7-15(23)11-17(16)24/h2-8,11,13H,9-10,12H2,1H3. The fourth-order valence-corrected chi connectivity index (χ4v) is 4.05. The van der Waals surface area contributed by atoms with Crippen molar-refractivity contribution in [2.45, 2.75) is 31.9 Å². The van der Waals surface area contributed by atoms with Crippen molar-refractivity contribution in [1.29, 1.82) is 0 Å². The van der Waals surface area contributed by atoms with E-state index < -0.39 is 0 Å². The Kier molecular flexibility index (Phi) is 4.56. The van der Waals surface area contributed by atoms with E-state index in [1.807, 2.05) is 36.4 Å². The molecule has 29 heavy (non-hydrogen) atoms. The average Bonchev–Trinajstić information content (AvgIpc) is 3.32. The van der Waals surface area contributed by atoms with E-state index in [0.717, 1.165) is 39.9 Å². The Bertz CT molecular complexity index is 1200. The van der Waals surface area contributed by atoms with Gasteiger partial charge in [-0.15, -0.1) is 0 Å². The number of aromatic nitrogens is 4. The highest BCUT2D eigenvalue weighted by Gasteiger charge is 2.41. The van der Waals surface area contributed by atoms with Gasteiger partial charge in [-0.05, 0) is 43.5 Å². The quantitative estimate of drug-likeness (QED) is 0.366. The molecule has 146 valence electrons. The molecule has 2 aromatic carbocycles. The lowest BCUT2D eigenvalue weighted by atomic mass is 10.2. The van der Waals surface area contributed by atoms with Crippen LogP contribution in [0.25, 0.3) is 22.6 Å². The molecule has 0 atom stereocenters. The summed E-state index contributed by atoms with van der Waals surface area (Å²) in [6.45, 7) is 2.71. The maximum atomic E-state index is 6.57. The van der Waals surface area contributed by atoms with Crippen molar-refractivity contribution in [2.75, 3.05) is 0 Å². The molecule has 5 rings (SSSR count). The largest absolute Gasteiger partial charge is 0.470 e. The number of ether oxygens (including phenoxy) is 1. The summed E-state index contributed by atoms with van der Waals surface area (Å²) < 4.78 is 9.15. The van der Waals surface area contributed by atoms with Crippen LogP contribution in [0, 0.1) is 0 Å². The number of hydrogen-bond donors (Lipinski definition) is 0. The van der Waals surface area contributed by atoms with E-state index in [9.17, 15) is 0 Å². The third-order valence-corrected chi connectivity index (χ3v) is 5.96. The highest BCUT2D eigenvalue weighted by molar-refractivity contribution is 9.10. The van der Waals surface area contributed by atoms with E-state index in [4.69, 9.17) is 21.3 Å². The van der Waals surface area contributed by atoms with Gasteiger partial charge in [-0.3, -0.25) is 0 Å². The summed E-state index contributed by atoms with van der Waals surface area (Å²) in [4.78, 5) is 13.8. The summed E-state index contributed by atoms with van der Waals surface area (Å²) in [6, 6.07) is 16.0. The first-order valence-corrected chi connectivity index (χ1v) is 10.6. The molecular weight excluding hydrogens is 452 g/mol. The smallest absolute Gasteiger partial charge is 0.245 e. The molecule has 4 aromatic rings. The SMILES string of the molecule is CC1(Oc2ncnc3c2nc(-c2ccc(Br)cc2Cl)n3Cc2ccccc2)CC1. The van der Waals surface area contributed by atoms with Gasteiger partial charge in [0.15, 0.2) is 11.2 Å². The third-order valence-electron chi connectivity index (χ3n) is 5.15. The molecule has 0 unspecified atom stereocenters. The van der Waals surface area contributed by atoms with Crippen molar-refractivity contribution in [1.82, 2.24) is 19.5 Å². The predicted octanol–water partition coefficient (Wildman–Crippen LogP) is 5.89. The number of nitrogens with zero attached hydrogens (tertiary/aromatic N) is 4. The van der Waals surface area contributed by atoms with Gasteiger partial charge in [0.05, 0.1) is 11.6 Å². The van der Waals surface area contributed by atoms with Gasteiger partial charge >= 0.3 is 0 Å². The molecule has 0 saturated heterocycles. The minimum Gasteiger partial charge on any atom is -0.470 e. The van der Waals surface area contributed by atoms with E-state index in [1.165, 1.54) is 0 Å². The summed E-state index contributed by atoms with van der Waals surface area (Å²) in [7, 11) is 0. The van der Waals surface area contributed by atoms with Crippen LogP contribution in [0.5, 0.6) is 5.88 Å². The Morgan fingerprint density at radius 2 is 1.93 bits per heavy atom. The maximum Gasteiger partial charge on any atom is 0.245 e. The van der Waals surface area contributed by atoms with Crippen LogP contribution < -0.4 is 4.74 Å². The molecule has 2 aromatic heterocycles. The second-order valence-electron chi connectivity index (χ2n) is 7.53.